The molecule has 1 aromatic carbocycles. The number of rotatable bonds is 4. The maximum absolute atomic E-state index is 5.82. The standard InChI is InChI=1S/C14H13BrN2O3/c15-11-1-9(5-17-6-11)7-18-12-3-14-13(19-8-20-14)2-10(12)4-16/h1-3,5-6H,4,7-8,16H2. The van der Waals surface area contributed by atoms with E-state index in [0.717, 1.165) is 15.6 Å². The van der Waals surface area contributed by atoms with Crippen molar-refractivity contribution in [1.29, 1.82) is 0 Å². The quantitative estimate of drug-likeness (QED) is 0.929. The SMILES string of the molecule is NCc1cc2c(cc1OCc1cncc(Br)c1)OCO2. The molecule has 2 N–H and O–H groups in total. The second-order valence-corrected chi connectivity index (χ2v) is 5.23. The molecule has 0 unspecified atom stereocenters. The van der Waals surface area contributed by atoms with E-state index in [-0.39, 0.29) is 6.79 Å². The van der Waals surface area contributed by atoms with E-state index in [4.69, 9.17) is 19.9 Å². The van der Waals surface area contributed by atoms with E-state index in [1.165, 1.54) is 0 Å². The van der Waals surface area contributed by atoms with Crippen LogP contribution in [0.25, 0.3) is 0 Å². The molecule has 0 saturated heterocycles. The van der Waals surface area contributed by atoms with E-state index >= 15 is 0 Å². The van der Waals surface area contributed by atoms with Gasteiger partial charge in [-0.15, -0.1) is 0 Å². The fourth-order valence-corrected chi connectivity index (χ4v) is 2.37. The predicted octanol–water partition coefficient (Wildman–Crippen LogP) is 2.61. The Kier molecular flexibility index (Phi) is 3.75. The van der Waals surface area contributed by atoms with Gasteiger partial charge in [0.15, 0.2) is 11.5 Å². The summed E-state index contributed by atoms with van der Waals surface area (Å²) in [7, 11) is 0. The van der Waals surface area contributed by atoms with Crippen LogP contribution >= 0.6 is 15.9 Å². The third-order valence-corrected chi connectivity index (χ3v) is 3.37. The van der Waals surface area contributed by atoms with Gasteiger partial charge >= 0.3 is 0 Å². The molecule has 2 aromatic rings. The predicted molar refractivity (Wildman–Crippen MR) is 76.7 cm³/mol. The number of nitrogens with two attached hydrogens (primary N) is 1. The molecule has 1 aliphatic heterocycles. The van der Waals surface area contributed by atoms with Gasteiger partial charge < -0.3 is 19.9 Å². The molecule has 5 nitrogen and oxygen atoms in total. The fourth-order valence-electron chi connectivity index (χ4n) is 1.96. The van der Waals surface area contributed by atoms with Gasteiger partial charge in [-0.2, -0.15) is 0 Å². The number of aromatic nitrogens is 1. The molecule has 20 heavy (non-hydrogen) atoms. The summed E-state index contributed by atoms with van der Waals surface area (Å²) in [5.41, 5.74) is 7.60. The third-order valence-electron chi connectivity index (χ3n) is 2.93. The van der Waals surface area contributed by atoms with Crippen molar-refractivity contribution in [2.24, 2.45) is 5.73 Å². The molecule has 2 heterocycles. The highest BCUT2D eigenvalue weighted by Crippen LogP contribution is 2.38. The normalized spacial score (nSPS) is 12.5. The van der Waals surface area contributed by atoms with E-state index in [0.29, 0.717) is 30.4 Å². The van der Waals surface area contributed by atoms with E-state index in [9.17, 15) is 0 Å². The molecular weight excluding hydrogens is 324 g/mol. The maximum atomic E-state index is 5.82. The molecule has 0 aliphatic carbocycles. The lowest BCUT2D eigenvalue weighted by molar-refractivity contribution is 0.173. The van der Waals surface area contributed by atoms with Crippen LogP contribution in [0.3, 0.4) is 0 Å². The van der Waals surface area contributed by atoms with Crippen molar-refractivity contribution in [3.05, 3.63) is 46.2 Å². The summed E-state index contributed by atoms with van der Waals surface area (Å²) in [6.45, 7) is 1.03. The molecule has 0 fully saturated rings. The van der Waals surface area contributed by atoms with Gasteiger partial charge in [-0.25, -0.2) is 0 Å². The van der Waals surface area contributed by atoms with Crippen molar-refractivity contribution < 1.29 is 14.2 Å². The van der Waals surface area contributed by atoms with E-state index in [2.05, 4.69) is 20.9 Å². The number of halogens is 1. The third kappa shape index (κ3) is 2.71. The van der Waals surface area contributed by atoms with Crippen LogP contribution in [0, 0.1) is 0 Å². The summed E-state index contributed by atoms with van der Waals surface area (Å²) in [5, 5.41) is 0. The smallest absolute Gasteiger partial charge is 0.231 e. The Hall–Kier alpha value is -1.79. The average Bonchev–Trinajstić information content (AvgIpc) is 2.91. The van der Waals surface area contributed by atoms with E-state index in [1.807, 2.05) is 18.2 Å². The van der Waals surface area contributed by atoms with Crippen molar-refractivity contribution in [3.8, 4) is 17.2 Å². The Morgan fingerprint density at radius 3 is 2.75 bits per heavy atom. The van der Waals surface area contributed by atoms with Crippen molar-refractivity contribution >= 4 is 15.9 Å². The Balaban J connectivity index is 1.80. The first-order chi connectivity index (χ1) is 9.76. The summed E-state index contributed by atoms with van der Waals surface area (Å²) >= 11 is 3.38. The minimum atomic E-state index is 0.234. The second kappa shape index (κ2) is 5.68. The van der Waals surface area contributed by atoms with Gasteiger partial charge in [0, 0.05) is 40.6 Å². The summed E-state index contributed by atoms with van der Waals surface area (Å²) < 4.78 is 17.4. The molecule has 0 amide bonds. The van der Waals surface area contributed by atoms with Crippen molar-refractivity contribution in [2.75, 3.05) is 6.79 Å². The topological polar surface area (TPSA) is 66.6 Å². The van der Waals surface area contributed by atoms with Gasteiger partial charge in [-0.3, -0.25) is 4.98 Å². The fraction of sp³-hybridized carbons (Fsp3) is 0.214. The van der Waals surface area contributed by atoms with Crippen LogP contribution in [0.2, 0.25) is 0 Å². The number of hydrogen-bond acceptors (Lipinski definition) is 5. The van der Waals surface area contributed by atoms with Gasteiger partial charge in [0.2, 0.25) is 6.79 Å². The molecule has 0 bridgehead atoms. The molecule has 1 aliphatic rings. The van der Waals surface area contributed by atoms with Gasteiger partial charge in [0.25, 0.3) is 0 Å². The molecule has 0 saturated carbocycles. The van der Waals surface area contributed by atoms with E-state index < -0.39 is 0 Å². The zero-order valence-electron chi connectivity index (χ0n) is 10.6. The van der Waals surface area contributed by atoms with Crippen LogP contribution in [0.15, 0.2) is 35.1 Å². The number of hydrogen-bond donors (Lipinski definition) is 1. The average molecular weight is 337 g/mol. The first-order valence-electron chi connectivity index (χ1n) is 6.11. The van der Waals surface area contributed by atoms with Gasteiger partial charge in [0.1, 0.15) is 12.4 Å². The highest BCUT2D eigenvalue weighted by atomic mass is 79.9. The lowest BCUT2D eigenvalue weighted by Gasteiger charge is -2.11. The maximum Gasteiger partial charge on any atom is 0.231 e. The molecule has 0 radical (unpaired) electrons. The highest BCUT2D eigenvalue weighted by Gasteiger charge is 2.17. The molecule has 1 aromatic heterocycles. The van der Waals surface area contributed by atoms with Crippen LogP contribution in [0.4, 0.5) is 0 Å². The zero-order valence-corrected chi connectivity index (χ0v) is 12.2. The first-order valence-corrected chi connectivity index (χ1v) is 6.90. The summed E-state index contributed by atoms with van der Waals surface area (Å²) in [4.78, 5) is 4.10. The number of benzene rings is 1. The van der Waals surface area contributed by atoms with Gasteiger partial charge in [-0.05, 0) is 28.1 Å². The first kappa shape index (κ1) is 13.2. The Morgan fingerprint density at radius 2 is 2.00 bits per heavy atom. The lowest BCUT2D eigenvalue weighted by atomic mass is 10.1. The van der Waals surface area contributed by atoms with Crippen LogP contribution < -0.4 is 19.9 Å². The van der Waals surface area contributed by atoms with Crippen molar-refractivity contribution in [3.63, 3.8) is 0 Å². The Bertz CT molecular complexity index is 634. The lowest BCUT2D eigenvalue weighted by Crippen LogP contribution is -2.03. The molecule has 0 atom stereocenters. The van der Waals surface area contributed by atoms with Crippen LogP contribution in [0.1, 0.15) is 11.1 Å². The Labute approximate surface area is 124 Å². The number of ether oxygens (including phenoxy) is 3. The molecule has 3 rings (SSSR count). The van der Waals surface area contributed by atoms with Gasteiger partial charge in [0.05, 0.1) is 0 Å². The highest BCUT2D eigenvalue weighted by molar-refractivity contribution is 9.10. The van der Waals surface area contributed by atoms with E-state index in [1.54, 1.807) is 12.4 Å². The summed E-state index contributed by atoms with van der Waals surface area (Å²) in [6.07, 6.45) is 3.50. The summed E-state index contributed by atoms with van der Waals surface area (Å²) in [6, 6.07) is 5.63. The van der Waals surface area contributed by atoms with Crippen molar-refractivity contribution in [1.82, 2.24) is 4.98 Å². The van der Waals surface area contributed by atoms with Gasteiger partial charge in [-0.1, -0.05) is 0 Å². The largest absolute Gasteiger partial charge is 0.488 e. The van der Waals surface area contributed by atoms with Crippen LogP contribution in [-0.2, 0) is 13.2 Å². The Morgan fingerprint density at radius 1 is 1.20 bits per heavy atom. The van der Waals surface area contributed by atoms with Crippen LogP contribution in [-0.4, -0.2) is 11.8 Å². The molecule has 6 heteroatoms. The molecule has 104 valence electrons. The summed E-state index contributed by atoms with van der Waals surface area (Å²) in [5.74, 6) is 2.10. The number of nitrogens with zero attached hydrogens (tertiary/aromatic N) is 1. The zero-order chi connectivity index (χ0) is 13.9. The monoisotopic (exact) mass is 336 g/mol. The number of pyridine rings is 1. The van der Waals surface area contributed by atoms with Crippen molar-refractivity contribution in [2.45, 2.75) is 13.2 Å². The minimum Gasteiger partial charge on any atom is -0.488 e. The molecular formula is C14H13BrN2O3. The second-order valence-electron chi connectivity index (χ2n) is 4.32. The van der Waals surface area contributed by atoms with Crippen LogP contribution in [0.5, 0.6) is 17.2 Å². The number of fused-ring (bicyclic) bond motifs is 1. The molecule has 0 spiro atoms. The minimum absolute atomic E-state index is 0.234.